The predicted molar refractivity (Wildman–Crippen MR) is 75.1 cm³/mol. The lowest BCUT2D eigenvalue weighted by Gasteiger charge is -2.06. The van der Waals surface area contributed by atoms with Crippen molar-refractivity contribution in [3.63, 3.8) is 0 Å². The molecular formula is C13H11BrN2O3. The summed E-state index contributed by atoms with van der Waals surface area (Å²) in [6.45, 7) is 1.89. The van der Waals surface area contributed by atoms with Crippen LogP contribution in [0.2, 0.25) is 0 Å². The Hall–Kier alpha value is -1.95. The number of hydrogen-bond donors (Lipinski definition) is 1. The van der Waals surface area contributed by atoms with E-state index >= 15 is 0 Å². The first kappa shape index (κ1) is 12.1. The average Bonchev–Trinajstić information content (AvgIpc) is 2.96. The first-order chi connectivity index (χ1) is 9.10. The topological polar surface area (TPSA) is 74.4 Å². The van der Waals surface area contributed by atoms with E-state index in [0.29, 0.717) is 22.9 Å². The van der Waals surface area contributed by atoms with Crippen LogP contribution in [-0.2, 0) is 0 Å². The number of hydrogen-bond acceptors (Lipinski definition) is 5. The van der Waals surface area contributed by atoms with Crippen LogP contribution in [0.5, 0.6) is 5.75 Å². The zero-order valence-corrected chi connectivity index (χ0v) is 11.9. The Morgan fingerprint density at radius 1 is 1.32 bits per heavy atom. The van der Waals surface area contributed by atoms with Crippen LogP contribution >= 0.6 is 15.9 Å². The van der Waals surface area contributed by atoms with E-state index in [4.69, 9.17) is 19.4 Å². The van der Waals surface area contributed by atoms with Crippen LogP contribution in [-0.4, -0.2) is 12.3 Å². The molecule has 3 rings (SSSR count). The number of halogens is 1. The molecule has 0 radical (unpaired) electrons. The third kappa shape index (κ3) is 1.88. The van der Waals surface area contributed by atoms with Crippen LogP contribution in [0.1, 0.15) is 5.76 Å². The van der Waals surface area contributed by atoms with Gasteiger partial charge < -0.3 is 19.4 Å². The zero-order valence-electron chi connectivity index (χ0n) is 10.4. The van der Waals surface area contributed by atoms with Gasteiger partial charge in [0.2, 0.25) is 0 Å². The Balaban J connectivity index is 2.33. The van der Waals surface area contributed by atoms with Crippen LogP contribution in [0.15, 0.2) is 31.6 Å². The van der Waals surface area contributed by atoms with Gasteiger partial charge in [-0.1, -0.05) is 5.16 Å². The van der Waals surface area contributed by atoms with Gasteiger partial charge in [-0.3, -0.25) is 0 Å². The lowest BCUT2D eigenvalue weighted by Crippen LogP contribution is -1.86. The van der Waals surface area contributed by atoms with Crippen LogP contribution in [0.4, 0.5) is 5.82 Å². The molecule has 2 aromatic heterocycles. The van der Waals surface area contributed by atoms with Crippen molar-refractivity contribution in [1.82, 2.24) is 5.16 Å². The lowest BCUT2D eigenvalue weighted by molar-refractivity contribution is 0.408. The van der Waals surface area contributed by atoms with Gasteiger partial charge in [-0.15, -0.1) is 0 Å². The molecule has 19 heavy (non-hydrogen) atoms. The third-order valence-corrected chi connectivity index (χ3v) is 3.70. The third-order valence-electron chi connectivity index (χ3n) is 2.84. The molecule has 5 nitrogen and oxygen atoms in total. The number of rotatable bonds is 2. The highest BCUT2D eigenvalue weighted by Gasteiger charge is 2.18. The summed E-state index contributed by atoms with van der Waals surface area (Å²) < 4.78 is 17.1. The maximum atomic E-state index is 5.64. The smallest absolute Gasteiger partial charge is 0.177 e. The minimum absolute atomic E-state index is 0.337. The molecule has 0 amide bonds. The van der Waals surface area contributed by atoms with Crippen molar-refractivity contribution in [3.8, 4) is 17.1 Å². The number of nitrogen functional groups attached to an aromatic ring is 1. The minimum Gasteiger partial charge on any atom is -0.493 e. The maximum Gasteiger partial charge on any atom is 0.177 e. The summed E-state index contributed by atoms with van der Waals surface area (Å²) in [4.78, 5) is 0. The van der Waals surface area contributed by atoms with E-state index in [9.17, 15) is 0 Å². The van der Waals surface area contributed by atoms with Crippen LogP contribution in [0, 0.1) is 6.92 Å². The highest BCUT2D eigenvalue weighted by molar-refractivity contribution is 9.10. The van der Waals surface area contributed by atoms with Crippen LogP contribution in [0.3, 0.4) is 0 Å². The Morgan fingerprint density at radius 3 is 2.74 bits per heavy atom. The molecule has 0 aliphatic rings. The lowest BCUT2D eigenvalue weighted by atomic mass is 10.1. The number of nitrogens with zero attached hydrogens (tertiary/aromatic N) is 1. The molecule has 0 saturated heterocycles. The van der Waals surface area contributed by atoms with Crippen molar-refractivity contribution in [3.05, 3.63) is 28.4 Å². The van der Waals surface area contributed by atoms with Crippen molar-refractivity contribution in [2.24, 2.45) is 0 Å². The summed E-state index contributed by atoms with van der Waals surface area (Å²) in [5.41, 5.74) is 7.09. The minimum atomic E-state index is 0.337. The van der Waals surface area contributed by atoms with Gasteiger partial charge >= 0.3 is 0 Å². The molecule has 98 valence electrons. The largest absolute Gasteiger partial charge is 0.493 e. The van der Waals surface area contributed by atoms with Gasteiger partial charge in [0, 0.05) is 21.5 Å². The van der Waals surface area contributed by atoms with Gasteiger partial charge in [0.1, 0.15) is 5.76 Å². The Bertz CT molecular complexity index is 761. The zero-order chi connectivity index (χ0) is 13.6. The molecule has 6 heteroatoms. The molecule has 0 saturated carbocycles. The normalized spacial score (nSPS) is 11.1. The van der Waals surface area contributed by atoms with Gasteiger partial charge in [0.05, 0.1) is 7.11 Å². The van der Waals surface area contributed by atoms with Gasteiger partial charge in [-0.2, -0.15) is 0 Å². The van der Waals surface area contributed by atoms with E-state index in [0.717, 1.165) is 21.2 Å². The Labute approximate surface area is 117 Å². The van der Waals surface area contributed by atoms with Crippen molar-refractivity contribution < 1.29 is 13.7 Å². The van der Waals surface area contributed by atoms with Gasteiger partial charge in [0.25, 0.3) is 0 Å². The van der Waals surface area contributed by atoms with E-state index in [-0.39, 0.29) is 0 Å². The highest BCUT2D eigenvalue weighted by atomic mass is 79.9. The highest BCUT2D eigenvalue weighted by Crippen LogP contribution is 2.41. The predicted octanol–water partition coefficient (Wildman–Crippen LogP) is 3.75. The fourth-order valence-corrected chi connectivity index (χ4v) is 2.62. The second-order valence-corrected chi connectivity index (χ2v) is 4.95. The fraction of sp³-hybridized carbons (Fsp3) is 0.154. The summed E-state index contributed by atoms with van der Waals surface area (Å²) in [5.74, 6) is 2.35. The molecule has 2 N–H and O–H groups in total. The molecule has 1 aromatic carbocycles. The van der Waals surface area contributed by atoms with Gasteiger partial charge in [-0.25, -0.2) is 0 Å². The van der Waals surface area contributed by atoms with Crippen LogP contribution in [0.25, 0.3) is 22.3 Å². The number of nitrogens with two attached hydrogens (primary N) is 1. The molecule has 0 aliphatic carbocycles. The SMILES string of the molecule is COc1cc(-c2cc(N)no2)c(Br)c2cc(C)oc12. The maximum absolute atomic E-state index is 5.64. The first-order valence-corrected chi connectivity index (χ1v) is 6.38. The monoisotopic (exact) mass is 322 g/mol. The number of aromatic nitrogens is 1. The van der Waals surface area contributed by atoms with E-state index in [1.165, 1.54) is 0 Å². The van der Waals surface area contributed by atoms with Gasteiger partial charge in [0.15, 0.2) is 22.9 Å². The second-order valence-electron chi connectivity index (χ2n) is 4.16. The van der Waals surface area contributed by atoms with E-state index in [1.54, 1.807) is 13.2 Å². The van der Waals surface area contributed by atoms with Crippen LogP contribution < -0.4 is 10.5 Å². The number of benzene rings is 1. The Kier molecular flexibility index (Phi) is 2.74. The second kappa shape index (κ2) is 4.31. The number of fused-ring (bicyclic) bond motifs is 1. The van der Waals surface area contributed by atoms with Crippen molar-refractivity contribution in [2.45, 2.75) is 6.92 Å². The molecular weight excluding hydrogens is 312 g/mol. The van der Waals surface area contributed by atoms with E-state index in [2.05, 4.69) is 21.1 Å². The number of methoxy groups -OCH3 is 1. The number of aryl methyl sites for hydroxylation is 1. The van der Waals surface area contributed by atoms with Crippen molar-refractivity contribution >= 4 is 32.7 Å². The first-order valence-electron chi connectivity index (χ1n) is 5.59. The molecule has 0 aliphatic heterocycles. The van der Waals surface area contributed by atoms with Crippen molar-refractivity contribution in [2.75, 3.05) is 12.8 Å². The summed E-state index contributed by atoms with van der Waals surface area (Å²) in [6.07, 6.45) is 0. The standard InChI is InChI=1S/C13H11BrN2O3/c1-6-3-8-12(14)7(9-5-11(15)16-19-9)4-10(17-2)13(8)18-6/h3-5H,1-2H3,(H2,15,16). The average molecular weight is 323 g/mol. The van der Waals surface area contributed by atoms with E-state index < -0.39 is 0 Å². The van der Waals surface area contributed by atoms with Crippen molar-refractivity contribution in [1.29, 1.82) is 0 Å². The Morgan fingerprint density at radius 2 is 2.11 bits per heavy atom. The summed E-state index contributed by atoms with van der Waals surface area (Å²) in [6, 6.07) is 5.43. The summed E-state index contributed by atoms with van der Waals surface area (Å²) in [7, 11) is 1.60. The molecule has 0 fully saturated rings. The summed E-state index contributed by atoms with van der Waals surface area (Å²) >= 11 is 3.56. The fourth-order valence-electron chi connectivity index (χ4n) is 2.01. The molecule has 0 spiro atoms. The molecule has 0 unspecified atom stereocenters. The van der Waals surface area contributed by atoms with E-state index in [1.807, 2.05) is 19.1 Å². The molecule has 0 bridgehead atoms. The molecule has 3 aromatic rings. The van der Waals surface area contributed by atoms with Gasteiger partial charge in [-0.05, 0) is 35.0 Å². The number of furan rings is 1. The summed E-state index contributed by atoms with van der Waals surface area (Å²) in [5, 5.41) is 4.61. The number of ether oxygens (including phenoxy) is 1. The quantitative estimate of drug-likeness (QED) is 0.777. The molecule has 2 heterocycles. The number of anilines is 1. The molecule has 0 atom stereocenters.